The number of hydrogen-bond acceptors (Lipinski definition) is 2. The van der Waals surface area contributed by atoms with E-state index in [1.807, 2.05) is 0 Å². The second-order valence-electron chi connectivity index (χ2n) is 4.32. The van der Waals surface area contributed by atoms with Crippen molar-refractivity contribution in [1.82, 2.24) is 0 Å². The lowest BCUT2D eigenvalue weighted by Gasteiger charge is -2.11. The van der Waals surface area contributed by atoms with Gasteiger partial charge in [-0.2, -0.15) is 0 Å². The van der Waals surface area contributed by atoms with Crippen molar-refractivity contribution in [2.24, 2.45) is 5.73 Å². The molecule has 0 fully saturated rings. The number of benzene rings is 2. The van der Waals surface area contributed by atoms with Crippen molar-refractivity contribution in [2.45, 2.75) is 13.1 Å². The van der Waals surface area contributed by atoms with Crippen molar-refractivity contribution >= 4 is 5.69 Å². The van der Waals surface area contributed by atoms with Crippen molar-refractivity contribution in [3.63, 3.8) is 0 Å². The largest absolute Gasteiger partial charge is 0.376 e. The quantitative estimate of drug-likeness (QED) is 0.516. The Labute approximate surface area is 117 Å². The maximum absolute atomic E-state index is 13.4. The number of hydrogen-bond donors (Lipinski definition) is 2. The fourth-order valence-corrected chi connectivity index (χ4v) is 1.74. The molecule has 0 heterocycles. The van der Waals surface area contributed by atoms with Crippen LogP contribution in [-0.2, 0) is 13.1 Å². The lowest BCUT2D eigenvalue weighted by Crippen LogP contribution is -2.10. The van der Waals surface area contributed by atoms with Gasteiger partial charge in [0.15, 0.2) is 23.3 Å². The Morgan fingerprint density at radius 1 is 0.714 bits per heavy atom. The summed E-state index contributed by atoms with van der Waals surface area (Å²) in [5.74, 6) is -9.90. The van der Waals surface area contributed by atoms with Gasteiger partial charge in [-0.1, -0.05) is 24.3 Å². The van der Waals surface area contributed by atoms with E-state index in [0.717, 1.165) is 5.56 Å². The summed E-state index contributed by atoms with van der Waals surface area (Å²) in [6.45, 7) is 0.245. The molecule has 2 aromatic carbocycles. The minimum absolute atomic E-state index is 0.0940. The number of nitrogens with two attached hydrogens (primary N) is 1. The molecule has 112 valence electrons. The third-order valence-corrected chi connectivity index (χ3v) is 2.94. The predicted octanol–water partition coefficient (Wildman–Crippen LogP) is 3.45. The third-order valence-electron chi connectivity index (χ3n) is 2.94. The molecule has 2 rings (SSSR count). The van der Waals surface area contributed by atoms with Gasteiger partial charge in [0.1, 0.15) is 5.69 Å². The highest BCUT2D eigenvalue weighted by Gasteiger charge is 2.25. The molecule has 0 amide bonds. The van der Waals surface area contributed by atoms with Gasteiger partial charge in [-0.05, 0) is 11.1 Å². The van der Waals surface area contributed by atoms with Crippen LogP contribution in [0, 0.1) is 29.1 Å². The topological polar surface area (TPSA) is 38.0 Å². The average Bonchev–Trinajstić information content (AvgIpc) is 2.51. The Bertz CT molecular complexity index is 626. The Hall–Kier alpha value is -2.15. The van der Waals surface area contributed by atoms with Gasteiger partial charge >= 0.3 is 0 Å². The molecule has 0 aromatic heterocycles. The first kappa shape index (κ1) is 15.2. The van der Waals surface area contributed by atoms with Gasteiger partial charge in [-0.15, -0.1) is 0 Å². The highest BCUT2D eigenvalue weighted by atomic mass is 19.2. The lowest BCUT2D eigenvalue weighted by atomic mass is 10.1. The van der Waals surface area contributed by atoms with Gasteiger partial charge in [0.2, 0.25) is 5.82 Å². The van der Waals surface area contributed by atoms with E-state index >= 15 is 0 Å². The minimum atomic E-state index is -2.18. The molecule has 0 saturated heterocycles. The van der Waals surface area contributed by atoms with Gasteiger partial charge in [0.05, 0.1) is 0 Å². The van der Waals surface area contributed by atoms with E-state index in [4.69, 9.17) is 5.73 Å². The van der Waals surface area contributed by atoms with E-state index in [0.29, 0.717) is 12.1 Å². The zero-order valence-corrected chi connectivity index (χ0v) is 10.7. The number of rotatable bonds is 4. The van der Waals surface area contributed by atoms with Crippen molar-refractivity contribution in [3.05, 3.63) is 64.5 Å². The third kappa shape index (κ3) is 2.97. The van der Waals surface area contributed by atoms with Gasteiger partial charge < -0.3 is 11.1 Å². The molecule has 0 aliphatic rings. The van der Waals surface area contributed by atoms with Crippen LogP contribution in [-0.4, -0.2) is 0 Å². The maximum atomic E-state index is 13.4. The van der Waals surface area contributed by atoms with E-state index in [2.05, 4.69) is 5.32 Å². The molecular formula is C14H11F5N2. The molecule has 0 aliphatic carbocycles. The molecular weight excluding hydrogens is 291 g/mol. The van der Waals surface area contributed by atoms with E-state index in [-0.39, 0.29) is 6.54 Å². The van der Waals surface area contributed by atoms with E-state index in [9.17, 15) is 22.0 Å². The summed E-state index contributed by atoms with van der Waals surface area (Å²) in [4.78, 5) is 0. The first-order valence-electron chi connectivity index (χ1n) is 5.99. The summed E-state index contributed by atoms with van der Waals surface area (Å²) in [5, 5.41) is 2.22. The van der Waals surface area contributed by atoms with Crippen molar-refractivity contribution in [2.75, 3.05) is 5.32 Å². The van der Waals surface area contributed by atoms with Crippen LogP contribution in [0.15, 0.2) is 24.3 Å². The maximum Gasteiger partial charge on any atom is 0.200 e. The standard InChI is InChI=1S/C14H11F5N2/c15-9-10(16)12(18)14(13(19)11(9)17)21-6-8-3-1-7(5-20)2-4-8/h1-4,21H,5-6,20H2. The zero-order valence-electron chi connectivity index (χ0n) is 10.7. The van der Waals surface area contributed by atoms with Crippen molar-refractivity contribution in [3.8, 4) is 0 Å². The molecule has 2 aromatic rings. The SMILES string of the molecule is NCc1ccc(CNc2c(F)c(F)c(F)c(F)c2F)cc1. The van der Waals surface area contributed by atoms with Crippen LogP contribution in [0.3, 0.4) is 0 Å². The smallest absolute Gasteiger partial charge is 0.200 e. The van der Waals surface area contributed by atoms with Crippen molar-refractivity contribution in [1.29, 1.82) is 0 Å². The summed E-state index contributed by atoms with van der Waals surface area (Å²) < 4.78 is 65.7. The molecule has 7 heteroatoms. The summed E-state index contributed by atoms with van der Waals surface area (Å²) in [5.41, 5.74) is 5.84. The van der Waals surface area contributed by atoms with Gasteiger partial charge in [-0.25, -0.2) is 22.0 Å². The first-order valence-corrected chi connectivity index (χ1v) is 5.99. The van der Waals surface area contributed by atoms with Crippen LogP contribution in [0.4, 0.5) is 27.6 Å². The second-order valence-corrected chi connectivity index (χ2v) is 4.32. The fraction of sp³-hybridized carbons (Fsp3) is 0.143. The highest BCUT2D eigenvalue weighted by molar-refractivity contribution is 5.48. The Morgan fingerprint density at radius 2 is 1.14 bits per heavy atom. The molecule has 0 unspecified atom stereocenters. The zero-order chi connectivity index (χ0) is 15.6. The van der Waals surface area contributed by atoms with Crippen LogP contribution in [0.25, 0.3) is 0 Å². The van der Waals surface area contributed by atoms with Crippen LogP contribution in [0.1, 0.15) is 11.1 Å². The predicted molar refractivity (Wildman–Crippen MR) is 67.9 cm³/mol. The molecule has 0 saturated carbocycles. The normalized spacial score (nSPS) is 10.8. The molecule has 0 atom stereocenters. The number of anilines is 1. The Balaban J connectivity index is 2.23. The Kier molecular flexibility index (Phi) is 4.42. The fourth-order valence-electron chi connectivity index (χ4n) is 1.74. The van der Waals surface area contributed by atoms with Crippen LogP contribution < -0.4 is 11.1 Å². The molecule has 2 nitrogen and oxygen atoms in total. The van der Waals surface area contributed by atoms with Gasteiger partial charge in [0, 0.05) is 13.1 Å². The van der Waals surface area contributed by atoms with Gasteiger partial charge in [-0.3, -0.25) is 0 Å². The Morgan fingerprint density at radius 3 is 1.62 bits per heavy atom. The molecule has 21 heavy (non-hydrogen) atoms. The summed E-state index contributed by atoms with van der Waals surface area (Å²) >= 11 is 0. The lowest BCUT2D eigenvalue weighted by molar-refractivity contribution is 0.381. The van der Waals surface area contributed by atoms with Crippen LogP contribution in [0.5, 0.6) is 0 Å². The molecule has 0 bridgehead atoms. The molecule has 0 aliphatic heterocycles. The summed E-state index contributed by atoms with van der Waals surface area (Å²) in [6, 6.07) is 6.69. The molecule has 0 radical (unpaired) electrons. The number of halogens is 5. The minimum Gasteiger partial charge on any atom is -0.376 e. The van der Waals surface area contributed by atoms with Crippen LogP contribution in [0.2, 0.25) is 0 Å². The van der Waals surface area contributed by atoms with E-state index in [1.54, 1.807) is 24.3 Å². The average molecular weight is 302 g/mol. The first-order chi connectivity index (χ1) is 9.95. The van der Waals surface area contributed by atoms with E-state index < -0.39 is 34.8 Å². The van der Waals surface area contributed by atoms with Crippen molar-refractivity contribution < 1.29 is 22.0 Å². The summed E-state index contributed by atoms with van der Waals surface area (Å²) in [7, 11) is 0. The molecule has 3 N–H and O–H groups in total. The second kappa shape index (κ2) is 6.09. The number of nitrogens with one attached hydrogen (secondary N) is 1. The van der Waals surface area contributed by atoms with Gasteiger partial charge in [0.25, 0.3) is 0 Å². The van der Waals surface area contributed by atoms with Crippen LogP contribution >= 0.6 is 0 Å². The molecule has 0 spiro atoms. The summed E-state index contributed by atoms with van der Waals surface area (Å²) in [6.07, 6.45) is 0. The van der Waals surface area contributed by atoms with E-state index in [1.165, 1.54) is 0 Å². The monoisotopic (exact) mass is 302 g/mol. The highest BCUT2D eigenvalue weighted by Crippen LogP contribution is 2.27.